The third kappa shape index (κ3) is 6.16. The summed E-state index contributed by atoms with van der Waals surface area (Å²) in [5.41, 5.74) is 5.75. The van der Waals surface area contributed by atoms with Crippen LogP contribution in [0.3, 0.4) is 0 Å². The molecule has 0 radical (unpaired) electrons. The molecule has 1 heterocycles. The molecule has 1 aromatic heterocycles. The first kappa shape index (κ1) is 18.0. The number of esters is 1. The third-order valence-electron chi connectivity index (χ3n) is 2.54. The van der Waals surface area contributed by atoms with Crippen LogP contribution in [0, 0.1) is 0 Å². The fourth-order valence-electron chi connectivity index (χ4n) is 1.64. The van der Waals surface area contributed by atoms with E-state index >= 15 is 0 Å². The van der Waals surface area contributed by atoms with E-state index in [2.05, 4.69) is 28.9 Å². The molecule has 114 valence electrons. The lowest BCUT2D eigenvalue weighted by Crippen LogP contribution is -2.28. The maximum atomic E-state index is 11.8. The van der Waals surface area contributed by atoms with Crippen molar-refractivity contribution in [3.05, 3.63) is 20.8 Å². The highest BCUT2D eigenvalue weighted by molar-refractivity contribution is 9.11. The molecule has 0 aliphatic heterocycles. The second-order valence-electron chi connectivity index (χ2n) is 5.53. The molecule has 0 amide bonds. The van der Waals surface area contributed by atoms with Gasteiger partial charge >= 0.3 is 5.97 Å². The molecule has 3 nitrogen and oxygen atoms in total. The number of halogens is 1. The maximum absolute atomic E-state index is 11.8. The summed E-state index contributed by atoms with van der Waals surface area (Å²) < 4.78 is 6.42. The first-order valence-corrected chi connectivity index (χ1v) is 9.23. The number of rotatable bonds is 6. The number of carbonyl (C=O) groups excluding carboxylic acids is 1. The van der Waals surface area contributed by atoms with E-state index in [1.807, 2.05) is 26.8 Å². The molecule has 0 spiro atoms. The SMILES string of the molecule is CCC(N)C(SCC(=O)OC(C)(C)C)c1ccc(Br)s1. The van der Waals surface area contributed by atoms with Gasteiger partial charge in [0.25, 0.3) is 0 Å². The van der Waals surface area contributed by atoms with E-state index in [0.717, 1.165) is 10.2 Å². The molecule has 2 unspecified atom stereocenters. The number of thioether (sulfide) groups is 1. The van der Waals surface area contributed by atoms with E-state index in [9.17, 15) is 4.79 Å². The van der Waals surface area contributed by atoms with Crippen LogP contribution in [-0.2, 0) is 9.53 Å². The average Bonchev–Trinajstić information content (AvgIpc) is 2.73. The van der Waals surface area contributed by atoms with E-state index < -0.39 is 5.60 Å². The molecule has 0 saturated heterocycles. The smallest absolute Gasteiger partial charge is 0.316 e. The summed E-state index contributed by atoms with van der Waals surface area (Å²) in [5.74, 6) is 0.136. The molecular weight excluding hydrogens is 358 g/mol. The second-order valence-corrected chi connectivity index (χ2v) is 9.16. The van der Waals surface area contributed by atoms with Crippen LogP contribution in [0.15, 0.2) is 15.9 Å². The molecule has 0 aromatic carbocycles. The van der Waals surface area contributed by atoms with Gasteiger partial charge in [-0.2, -0.15) is 0 Å². The van der Waals surface area contributed by atoms with E-state index in [1.54, 1.807) is 23.1 Å². The van der Waals surface area contributed by atoms with E-state index in [1.165, 1.54) is 4.88 Å². The van der Waals surface area contributed by atoms with Crippen molar-refractivity contribution in [2.45, 2.75) is 51.0 Å². The molecule has 1 aromatic rings. The maximum Gasteiger partial charge on any atom is 0.316 e. The van der Waals surface area contributed by atoms with Crippen LogP contribution in [0.2, 0.25) is 0 Å². The van der Waals surface area contributed by atoms with Gasteiger partial charge in [0, 0.05) is 10.9 Å². The van der Waals surface area contributed by atoms with Gasteiger partial charge in [-0.3, -0.25) is 4.79 Å². The van der Waals surface area contributed by atoms with Crippen LogP contribution in [0.25, 0.3) is 0 Å². The van der Waals surface area contributed by atoms with E-state index in [4.69, 9.17) is 10.5 Å². The Morgan fingerprint density at radius 3 is 2.60 bits per heavy atom. The summed E-state index contributed by atoms with van der Waals surface area (Å²) in [5, 5.41) is 0.129. The highest BCUT2D eigenvalue weighted by Gasteiger charge is 2.24. The number of ether oxygens (including phenoxy) is 1. The molecule has 20 heavy (non-hydrogen) atoms. The van der Waals surface area contributed by atoms with Crippen molar-refractivity contribution in [1.29, 1.82) is 0 Å². The van der Waals surface area contributed by atoms with Gasteiger partial charge in [-0.05, 0) is 55.3 Å². The Labute approximate surface area is 137 Å². The van der Waals surface area contributed by atoms with Gasteiger partial charge in [-0.15, -0.1) is 23.1 Å². The number of thiophene rings is 1. The Morgan fingerprint density at radius 2 is 2.15 bits per heavy atom. The lowest BCUT2D eigenvalue weighted by molar-refractivity contribution is -0.151. The molecule has 0 aliphatic rings. The van der Waals surface area contributed by atoms with Gasteiger partial charge < -0.3 is 10.5 Å². The Balaban J connectivity index is 2.65. The van der Waals surface area contributed by atoms with Gasteiger partial charge in [-0.25, -0.2) is 0 Å². The predicted octanol–water partition coefficient (Wildman–Crippen LogP) is 4.36. The Morgan fingerprint density at radius 1 is 1.50 bits per heavy atom. The van der Waals surface area contributed by atoms with Gasteiger partial charge in [-0.1, -0.05) is 6.92 Å². The van der Waals surface area contributed by atoms with Gasteiger partial charge in [0.05, 0.1) is 14.8 Å². The van der Waals surface area contributed by atoms with Crippen molar-refractivity contribution < 1.29 is 9.53 Å². The minimum atomic E-state index is -0.439. The minimum Gasteiger partial charge on any atom is -0.459 e. The van der Waals surface area contributed by atoms with Gasteiger partial charge in [0.2, 0.25) is 0 Å². The van der Waals surface area contributed by atoms with Crippen molar-refractivity contribution in [2.24, 2.45) is 5.73 Å². The first-order chi connectivity index (χ1) is 9.23. The summed E-state index contributed by atoms with van der Waals surface area (Å²) in [6.07, 6.45) is 0.876. The molecule has 2 N–H and O–H groups in total. The minimum absolute atomic E-state index is 0.0352. The molecule has 0 bridgehead atoms. The summed E-state index contributed by atoms with van der Waals surface area (Å²) in [6.45, 7) is 7.69. The van der Waals surface area contributed by atoms with E-state index in [-0.39, 0.29) is 17.3 Å². The van der Waals surface area contributed by atoms with Crippen molar-refractivity contribution in [3.63, 3.8) is 0 Å². The second kappa shape index (κ2) is 7.82. The Bertz CT molecular complexity index is 443. The van der Waals surface area contributed by atoms with Crippen molar-refractivity contribution >= 4 is 45.0 Å². The van der Waals surface area contributed by atoms with E-state index in [0.29, 0.717) is 5.75 Å². The molecule has 6 heteroatoms. The first-order valence-electron chi connectivity index (χ1n) is 6.57. The van der Waals surface area contributed by atoms with Crippen LogP contribution in [0.1, 0.15) is 44.2 Å². The van der Waals surface area contributed by atoms with Crippen molar-refractivity contribution in [2.75, 3.05) is 5.75 Å². The van der Waals surface area contributed by atoms with Gasteiger partial charge in [0.1, 0.15) is 5.60 Å². The van der Waals surface area contributed by atoms with Crippen LogP contribution in [-0.4, -0.2) is 23.4 Å². The standard InChI is InChI=1S/C14H22BrNO2S2/c1-5-9(16)13(10-6-7-11(15)20-10)19-8-12(17)18-14(2,3)4/h6-7,9,13H,5,8,16H2,1-4H3. The van der Waals surface area contributed by atoms with Crippen LogP contribution < -0.4 is 5.73 Å². The number of nitrogens with two attached hydrogens (primary N) is 1. The Kier molecular flexibility index (Phi) is 7.04. The average molecular weight is 380 g/mol. The lowest BCUT2D eigenvalue weighted by Gasteiger charge is -2.23. The quantitative estimate of drug-likeness (QED) is 0.745. The molecule has 0 saturated carbocycles. The lowest BCUT2D eigenvalue weighted by atomic mass is 10.1. The normalized spacial score (nSPS) is 14.9. The highest BCUT2D eigenvalue weighted by atomic mass is 79.9. The third-order valence-corrected chi connectivity index (χ3v) is 5.76. The zero-order valence-corrected chi connectivity index (χ0v) is 15.5. The number of hydrogen-bond acceptors (Lipinski definition) is 5. The fourth-order valence-corrected chi connectivity index (χ4v) is 4.53. The molecule has 2 atom stereocenters. The summed E-state index contributed by atoms with van der Waals surface area (Å²) in [7, 11) is 0. The molecule has 1 rings (SSSR count). The van der Waals surface area contributed by atoms with Crippen LogP contribution >= 0.6 is 39.0 Å². The van der Waals surface area contributed by atoms with Crippen molar-refractivity contribution in [3.8, 4) is 0 Å². The highest BCUT2D eigenvalue weighted by Crippen LogP contribution is 2.38. The summed E-state index contributed by atoms with van der Waals surface area (Å²) in [4.78, 5) is 13.0. The monoisotopic (exact) mass is 379 g/mol. The Hall–Kier alpha value is -0.0400. The van der Waals surface area contributed by atoms with Crippen molar-refractivity contribution in [1.82, 2.24) is 0 Å². The molecular formula is C14H22BrNO2S2. The van der Waals surface area contributed by atoms with Crippen LogP contribution in [0.4, 0.5) is 0 Å². The number of carbonyl (C=O) groups is 1. The largest absolute Gasteiger partial charge is 0.459 e. The topological polar surface area (TPSA) is 52.3 Å². The summed E-state index contributed by atoms with van der Waals surface area (Å²) in [6, 6.07) is 4.12. The van der Waals surface area contributed by atoms with Crippen LogP contribution in [0.5, 0.6) is 0 Å². The summed E-state index contributed by atoms with van der Waals surface area (Å²) >= 11 is 6.70. The zero-order chi connectivity index (χ0) is 15.3. The zero-order valence-electron chi connectivity index (χ0n) is 12.3. The molecule has 0 aliphatic carbocycles. The van der Waals surface area contributed by atoms with Gasteiger partial charge in [0.15, 0.2) is 0 Å². The molecule has 0 fully saturated rings. The number of hydrogen-bond donors (Lipinski definition) is 1. The predicted molar refractivity (Wildman–Crippen MR) is 91.3 cm³/mol. The fraction of sp³-hybridized carbons (Fsp3) is 0.643.